The predicted molar refractivity (Wildman–Crippen MR) is 80.0 cm³/mol. The number of hydrogen-bond acceptors (Lipinski definition) is 1. The molecule has 0 aliphatic carbocycles. The fourth-order valence-corrected chi connectivity index (χ4v) is 10.2. The van der Waals surface area contributed by atoms with Crippen LogP contribution in [0.2, 0.25) is 38.8 Å². The van der Waals surface area contributed by atoms with Gasteiger partial charge in [-0.25, -0.2) is 0 Å². The molecule has 0 aromatic carbocycles. The van der Waals surface area contributed by atoms with Gasteiger partial charge in [-0.05, 0) is 51.6 Å². The molecule has 0 radical (unpaired) electrons. The maximum Gasteiger partial charge on any atom is 0.173 e. The van der Waals surface area contributed by atoms with Crippen LogP contribution in [0.5, 0.6) is 0 Å². The Hall–Kier alpha value is 0.134. The van der Waals surface area contributed by atoms with Crippen LogP contribution < -0.4 is 0 Å². The third-order valence-corrected chi connectivity index (χ3v) is 8.74. The van der Waals surface area contributed by atoms with Gasteiger partial charge in [0.2, 0.25) is 0 Å². The van der Waals surface area contributed by atoms with Gasteiger partial charge in [-0.15, -0.1) is 6.58 Å². The Labute approximate surface area is 105 Å². The van der Waals surface area contributed by atoms with Crippen molar-refractivity contribution in [3.05, 3.63) is 12.7 Å². The highest BCUT2D eigenvalue weighted by Gasteiger charge is 2.28. The Balaban J connectivity index is 3.62. The summed E-state index contributed by atoms with van der Waals surface area (Å²) in [6.45, 7) is 15.4. The van der Waals surface area contributed by atoms with E-state index in [-0.39, 0.29) is 0 Å². The molecule has 96 valence electrons. The molecule has 0 saturated heterocycles. The first-order valence-electron chi connectivity index (χ1n) is 6.58. The van der Waals surface area contributed by atoms with Crippen molar-refractivity contribution in [2.24, 2.45) is 0 Å². The van der Waals surface area contributed by atoms with E-state index in [1.807, 2.05) is 6.08 Å². The summed E-state index contributed by atoms with van der Waals surface area (Å²) in [6.07, 6.45) is 8.56. The molecular weight excluding hydrogens is 228 g/mol. The molecule has 0 rings (SSSR count). The molecular formula is C13H30OSi2. The molecule has 0 unspecified atom stereocenters. The van der Waals surface area contributed by atoms with Gasteiger partial charge in [-0.2, -0.15) is 0 Å². The van der Waals surface area contributed by atoms with Gasteiger partial charge in [-0.1, -0.05) is 25.3 Å². The lowest BCUT2D eigenvalue weighted by molar-refractivity contribution is 0.538. The lowest BCUT2D eigenvalue weighted by Gasteiger charge is -2.31. The summed E-state index contributed by atoms with van der Waals surface area (Å²) < 4.78 is 6.31. The Bertz CT molecular complexity index is 195. The van der Waals surface area contributed by atoms with Crippen LogP contribution in [-0.4, -0.2) is 16.6 Å². The van der Waals surface area contributed by atoms with Gasteiger partial charge in [0.05, 0.1) is 0 Å². The average Bonchev–Trinajstić information content (AvgIpc) is 2.06. The van der Waals surface area contributed by atoms with Crippen LogP contribution in [0, 0.1) is 0 Å². The fraction of sp³-hybridized carbons (Fsp3) is 0.846. The van der Waals surface area contributed by atoms with Gasteiger partial charge < -0.3 is 4.12 Å². The van der Waals surface area contributed by atoms with Crippen LogP contribution in [0.1, 0.15) is 32.1 Å². The van der Waals surface area contributed by atoms with Crippen molar-refractivity contribution in [3.8, 4) is 0 Å². The molecule has 0 aromatic heterocycles. The molecule has 3 heteroatoms. The van der Waals surface area contributed by atoms with E-state index in [9.17, 15) is 0 Å². The largest absolute Gasteiger partial charge is 0.456 e. The minimum Gasteiger partial charge on any atom is -0.456 e. The Morgan fingerprint density at radius 3 is 2.00 bits per heavy atom. The van der Waals surface area contributed by atoms with Crippen LogP contribution in [0.4, 0.5) is 0 Å². The van der Waals surface area contributed by atoms with Crippen LogP contribution in [-0.2, 0) is 4.12 Å². The molecule has 0 amide bonds. The first-order chi connectivity index (χ1) is 7.27. The zero-order chi connectivity index (χ0) is 12.7. The summed E-state index contributed by atoms with van der Waals surface area (Å²) in [5.74, 6) is 0. The van der Waals surface area contributed by atoms with Crippen molar-refractivity contribution < 1.29 is 4.12 Å². The van der Waals surface area contributed by atoms with E-state index in [1.54, 1.807) is 0 Å². The first-order valence-corrected chi connectivity index (χ1v) is 13.1. The van der Waals surface area contributed by atoms with Gasteiger partial charge in [-0.3, -0.25) is 0 Å². The number of rotatable bonds is 9. The summed E-state index contributed by atoms with van der Waals surface area (Å²) in [5.41, 5.74) is 0. The molecule has 16 heavy (non-hydrogen) atoms. The standard InChI is InChI=1S/C13H30OSi2/c1-7-8-9-10-11-12-13-16(5,6)14-15(2,3)4/h7H,1,8-13H2,2-6H3. The minimum absolute atomic E-state index is 1.17. The summed E-state index contributed by atoms with van der Waals surface area (Å²) in [4.78, 5) is 0. The second-order valence-electron chi connectivity index (χ2n) is 6.22. The van der Waals surface area contributed by atoms with E-state index >= 15 is 0 Å². The third kappa shape index (κ3) is 10.6. The van der Waals surface area contributed by atoms with Crippen LogP contribution in [0.3, 0.4) is 0 Å². The minimum atomic E-state index is -1.37. The van der Waals surface area contributed by atoms with E-state index in [0.717, 1.165) is 0 Å². The number of allylic oxidation sites excluding steroid dienone is 1. The number of hydrogen-bond donors (Lipinski definition) is 0. The Kier molecular flexibility index (Phi) is 7.52. The highest BCUT2D eigenvalue weighted by molar-refractivity contribution is 6.84. The molecule has 0 spiro atoms. The Morgan fingerprint density at radius 2 is 1.50 bits per heavy atom. The normalized spacial score (nSPS) is 12.8. The van der Waals surface area contributed by atoms with E-state index in [2.05, 4.69) is 39.3 Å². The Morgan fingerprint density at radius 1 is 0.938 bits per heavy atom. The van der Waals surface area contributed by atoms with E-state index in [0.29, 0.717) is 0 Å². The predicted octanol–water partition coefficient (Wildman–Crippen LogP) is 5.18. The lowest BCUT2D eigenvalue weighted by Crippen LogP contribution is -2.42. The highest BCUT2D eigenvalue weighted by Crippen LogP contribution is 2.21. The first kappa shape index (κ1) is 16.1. The molecule has 0 heterocycles. The maximum absolute atomic E-state index is 6.31. The van der Waals surface area contributed by atoms with Crippen molar-refractivity contribution in [2.45, 2.75) is 70.9 Å². The SMILES string of the molecule is C=CCCCCCC[Si](C)(C)O[Si](C)(C)C. The van der Waals surface area contributed by atoms with Crippen molar-refractivity contribution in [1.29, 1.82) is 0 Å². The summed E-state index contributed by atoms with van der Waals surface area (Å²) in [5, 5.41) is 0. The second-order valence-corrected chi connectivity index (χ2v) is 15.3. The fourth-order valence-electron chi connectivity index (χ4n) is 2.07. The van der Waals surface area contributed by atoms with Crippen molar-refractivity contribution in [2.75, 3.05) is 0 Å². The second kappa shape index (κ2) is 7.46. The van der Waals surface area contributed by atoms with Crippen LogP contribution >= 0.6 is 0 Å². The molecule has 0 aromatic rings. The third-order valence-electron chi connectivity index (χ3n) is 2.52. The molecule has 0 aliphatic rings. The van der Waals surface area contributed by atoms with Gasteiger partial charge in [0.1, 0.15) is 0 Å². The summed E-state index contributed by atoms with van der Waals surface area (Å²) in [7, 11) is -2.69. The van der Waals surface area contributed by atoms with E-state index in [4.69, 9.17) is 4.12 Å². The van der Waals surface area contributed by atoms with Gasteiger partial charge in [0.15, 0.2) is 16.6 Å². The zero-order valence-corrected chi connectivity index (χ0v) is 13.9. The molecule has 0 atom stereocenters. The molecule has 0 bridgehead atoms. The maximum atomic E-state index is 6.31. The molecule has 0 fully saturated rings. The lowest BCUT2D eigenvalue weighted by atomic mass is 10.1. The van der Waals surface area contributed by atoms with E-state index in [1.165, 1.54) is 38.1 Å². The highest BCUT2D eigenvalue weighted by atomic mass is 28.4. The molecule has 0 saturated carbocycles. The zero-order valence-electron chi connectivity index (χ0n) is 11.9. The molecule has 1 nitrogen and oxygen atoms in total. The number of unbranched alkanes of at least 4 members (excludes halogenated alkanes) is 4. The van der Waals surface area contributed by atoms with Crippen molar-refractivity contribution >= 4 is 16.6 Å². The molecule has 0 aliphatic heterocycles. The van der Waals surface area contributed by atoms with Gasteiger partial charge in [0, 0.05) is 0 Å². The van der Waals surface area contributed by atoms with E-state index < -0.39 is 16.6 Å². The topological polar surface area (TPSA) is 9.23 Å². The van der Waals surface area contributed by atoms with Crippen molar-refractivity contribution in [1.82, 2.24) is 0 Å². The quantitative estimate of drug-likeness (QED) is 0.314. The van der Waals surface area contributed by atoms with Crippen LogP contribution in [0.15, 0.2) is 12.7 Å². The van der Waals surface area contributed by atoms with Gasteiger partial charge >= 0.3 is 0 Å². The van der Waals surface area contributed by atoms with Crippen LogP contribution in [0.25, 0.3) is 0 Å². The summed E-state index contributed by atoms with van der Waals surface area (Å²) in [6, 6.07) is 1.32. The monoisotopic (exact) mass is 258 g/mol. The average molecular weight is 259 g/mol. The summed E-state index contributed by atoms with van der Waals surface area (Å²) >= 11 is 0. The van der Waals surface area contributed by atoms with Gasteiger partial charge in [0.25, 0.3) is 0 Å². The van der Waals surface area contributed by atoms with Crippen molar-refractivity contribution in [3.63, 3.8) is 0 Å². The smallest absolute Gasteiger partial charge is 0.173 e. The molecule has 0 N–H and O–H groups in total.